The lowest BCUT2D eigenvalue weighted by Gasteiger charge is -2.20. The highest BCUT2D eigenvalue weighted by Gasteiger charge is 2.33. The van der Waals surface area contributed by atoms with Crippen molar-refractivity contribution < 1.29 is 0 Å². The summed E-state index contributed by atoms with van der Waals surface area (Å²) >= 11 is 0. The Labute approximate surface area is 133 Å². The van der Waals surface area contributed by atoms with Gasteiger partial charge in [-0.3, -0.25) is 0 Å². The maximum atomic E-state index is 5.05. The van der Waals surface area contributed by atoms with E-state index in [-0.39, 0.29) is 0 Å². The van der Waals surface area contributed by atoms with Crippen LogP contribution in [0.3, 0.4) is 0 Å². The highest BCUT2D eigenvalue weighted by Crippen LogP contribution is 2.44. The molecule has 1 unspecified atom stereocenters. The van der Waals surface area contributed by atoms with Crippen molar-refractivity contribution in [2.75, 3.05) is 0 Å². The first-order valence-corrected chi connectivity index (χ1v) is 8.84. The number of hydrogen-bond donors (Lipinski definition) is 0. The first kappa shape index (κ1) is 14.0. The number of hydrogen-bond acceptors (Lipinski definition) is 1. The lowest BCUT2D eigenvalue weighted by atomic mass is 9.87. The lowest BCUT2D eigenvalue weighted by Crippen LogP contribution is -2.14. The fraction of sp³-hybridized carbons (Fsp3) is 0.550. The Bertz CT molecular complexity index is 674. The molecule has 1 heterocycles. The van der Waals surface area contributed by atoms with Crippen molar-refractivity contribution in [3.63, 3.8) is 0 Å². The minimum atomic E-state index is 0.586. The average Bonchev–Trinajstić information content (AvgIpc) is 3.29. The molecule has 1 aromatic carbocycles. The van der Waals surface area contributed by atoms with Crippen molar-refractivity contribution in [2.45, 2.75) is 64.7 Å². The Balaban J connectivity index is 1.77. The predicted molar refractivity (Wildman–Crippen MR) is 90.8 cm³/mol. The maximum absolute atomic E-state index is 5.05. The van der Waals surface area contributed by atoms with Gasteiger partial charge in [0.15, 0.2) is 0 Å². The molecule has 2 nitrogen and oxygen atoms in total. The summed E-state index contributed by atoms with van der Waals surface area (Å²) in [7, 11) is 0. The van der Waals surface area contributed by atoms with E-state index in [0.717, 1.165) is 11.8 Å². The van der Waals surface area contributed by atoms with Crippen molar-refractivity contribution in [3.8, 4) is 5.69 Å². The highest BCUT2D eigenvalue weighted by molar-refractivity contribution is 5.42. The predicted octanol–water partition coefficient (Wildman–Crippen LogP) is 5.00. The minimum Gasteiger partial charge on any atom is -0.237 e. The van der Waals surface area contributed by atoms with Gasteiger partial charge in [-0.15, -0.1) is 0 Å². The maximum Gasteiger partial charge on any atom is 0.0694 e. The fourth-order valence-corrected chi connectivity index (χ4v) is 3.71. The third-order valence-electron chi connectivity index (χ3n) is 5.32. The van der Waals surface area contributed by atoms with Crippen LogP contribution >= 0.6 is 0 Å². The molecule has 22 heavy (non-hydrogen) atoms. The summed E-state index contributed by atoms with van der Waals surface area (Å²) in [5, 5.41) is 5.05. The van der Waals surface area contributed by atoms with Crippen LogP contribution in [0.5, 0.6) is 0 Å². The smallest absolute Gasteiger partial charge is 0.0694 e. The van der Waals surface area contributed by atoms with Crippen LogP contribution < -0.4 is 0 Å². The Morgan fingerprint density at radius 2 is 1.82 bits per heavy atom. The first-order valence-electron chi connectivity index (χ1n) is 8.84. The molecule has 0 radical (unpaired) electrons. The lowest BCUT2D eigenvalue weighted by molar-refractivity contribution is 0.487. The van der Waals surface area contributed by atoms with Gasteiger partial charge >= 0.3 is 0 Å². The quantitative estimate of drug-likeness (QED) is 0.779. The van der Waals surface area contributed by atoms with E-state index in [1.165, 1.54) is 54.7 Å². The van der Waals surface area contributed by atoms with Crippen LogP contribution in [-0.2, 0) is 12.8 Å². The SMILES string of the molecule is CC1CCc2c(C3CC3)nn(-c3ccc(C(C)C)cc3)c2C1. The molecule has 2 heteroatoms. The highest BCUT2D eigenvalue weighted by atomic mass is 15.3. The van der Waals surface area contributed by atoms with Crippen molar-refractivity contribution in [1.29, 1.82) is 0 Å². The van der Waals surface area contributed by atoms with E-state index < -0.39 is 0 Å². The van der Waals surface area contributed by atoms with Crippen LogP contribution in [0.2, 0.25) is 0 Å². The Morgan fingerprint density at radius 1 is 1.09 bits per heavy atom. The molecular weight excluding hydrogens is 268 g/mol. The Hall–Kier alpha value is -1.57. The molecule has 2 aliphatic rings. The zero-order valence-corrected chi connectivity index (χ0v) is 14.0. The summed E-state index contributed by atoms with van der Waals surface area (Å²) in [5.41, 5.74) is 7.11. The van der Waals surface area contributed by atoms with E-state index in [1.807, 2.05) is 0 Å². The van der Waals surface area contributed by atoms with Gasteiger partial charge in [-0.1, -0.05) is 32.9 Å². The monoisotopic (exact) mass is 294 g/mol. The van der Waals surface area contributed by atoms with Gasteiger partial charge in [0.05, 0.1) is 11.4 Å². The Kier molecular flexibility index (Phi) is 3.36. The largest absolute Gasteiger partial charge is 0.237 e. The summed E-state index contributed by atoms with van der Waals surface area (Å²) in [6.45, 7) is 6.87. The standard InChI is InChI=1S/C20H26N2/c1-13(2)15-7-9-17(10-8-15)22-19-12-14(3)4-11-18(19)20(21-22)16-5-6-16/h7-10,13-14,16H,4-6,11-12H2,1-3H3. The molecule has 116 valence electrons. The van der Waals surface area contributed by atoms with Gasteiger partial charge in [0.25, 0.3) is 0 Å². The Morgan fingerprint density at radius 3 is 2.45 bits per heavy atom. The van der Waals surface area contributed by atoms with Gasteiger partial charge < -0.3 is 0 Å². The number of aromatic nitrogens is 2. The zero-order chi connectivity index (χ0) is 15.3. The van der Waals surface area contributed by atoms with Crippen molar-refractivity contribution in [1.82, 2.24) is 9.78 Å². The van der Waals surface area contributed by atoms with Gasteiger partial charge in [-0.2, -0.15) is 5.10 Å². The average molecular weight is 294 g/mol. The fourth-order valence-electron chi connectivity index (χ4n) is 3.71. The molecule has 0 saturated heterocycles. The van der Waals surface area contributed by atoms with E-state index in [1.54, 1.807) is 5.56 Å². The summed E-state index contributed by atoms with van der Waals surface area (Å²) in [6.07, 6.45) is 6.41. The van der Waals surface area contributed by atoms with E-state index in [0.29, 0.717) is 5.92 Å². The van der Waals surface area contributed by atoms with E-state index in [4.69, 9.17) is 5.10 Å². The third kappa shape index (κ3) is 2.39. The summed E-state index contributed by atoms with van der Waals surface area (Å²) < 4.78 is 2.25. The summed E-state index contributed by atoms with van der Waals surface area (Å²) in [4.78, 5) is 0. The van der Waals surface area contributed by atoms with E-state index in [2.05, 4.69) is 49.7 Å². The third-order valence-corrected chi connectivity index (χ3v) is 5.32. The van der Waals surface area contributed by atoms with Gasteiger partial charge in [0.1, 0.15) is 0 Å². The first-order chi connectivity index (χ1) is 10.6. The second-order valence-electron chi connectivity index (χ2n) is 7.59. The molecule has 0 spiro atoms. The molecule has 1 atom stereocenters. The molecule has 0 N–H and O–H groups in total. The molecule has 1 aromatic heterocycles. The van der Waals surface area contributed by atoms with Gasteiger partial charge in [-0.05, 0) is 67.2 Å². The topological polar surface area (TPSA) is 17.8 Å². The summed E-state index contributed by atoms with van der Waals surface area (Å²) in [6, 6.07) is 9.02. The molecule has 2 aliphatic carbocycles. The molecule has 1 fully saturated rings. The summed E-state index contributed by atoms with van der Waals surface area (Å²) in [5.74, 6) is 2.12. The zero-order valence-electron chi connectivity index (χ0n) is 14.0. The molecule has 0 aliphatic heterocycles. The molecule has 0 bridgehead atoms. The number of rotatable bonds is 3. The second kappa shape index (κ2) is 5.26. The van der Waals surface area contributed by atoms with E-state index >= 15 is 0 Å². The molecule has 0 amide bonds. The van der Waals surface area contributed by atoms with Crippen LogP contribution in [0.4, 0.5) is 0 Å². The molecular formula is C20H26N2. The van der Waals surface area contributed by atoms with Crippen LogP contribution in [0.1, 0.15) is 74.4 Å². The number of benzene rings is 1. The normalized spacial score (nSPS) is 21.2. The van der Waals surface area contributed by atoms with Crippen LogP contribution in [0.15, 0.2) is 24.3 Å². The second-order valence-corrected chi connectivity index (χ2v) is 7.59. The van der Waals surface area contributed by atoms with Crippen LogP contribution in [0, 0.1) is 5.92 Å². The van der Waals surface area contributed by atoms with Crippen LogP contribution in [0.25, 0.3) is 5.69 Å². The van der Waals surface area contributed by atoms with Gasteiger partial charge in [-0.25, -0.2) is 4.68 Å². The molecule has 4 rings (SSSR count). The van der Waals surface area contributed by atoms with Gasteiger partial charge in [0, 0.05) is 11.6 Å². The van der Waals surface area contributed by atoms with Crippen LogP contribution in [-0.4, -0.2) is 9.78 Å². The van der Waals surface area contributed by atoms with Crippen molar-refractivity contribution >= 4 is 0 Å². The molecule has 1 saturated carbocycles. The number of nitrogens with zero attached hydrogens (tertiary/aromatic N) is 2. The molecule has 2 aromatic rings. The van der Waals surface area contributed by atoms with E-state index in [9.17, 15) is 0 Å². The van der Waals surface area contributed by atoms with Gasteiger partial charge in [0.2, 0.25) is 0 Å². The minimum absolute atomic E-state index is 0.586. The number of fused-ring (bicyclic) bond motifs is 1. The van der Waals surface area contributed by atoms with Crippen molar-refractivity contribution in [3.05, 3.63) is 46.8 Å². The van der Waals surface area contributed by atoms with Crippen molar-refractivity contribution in [2.24, 2.45) is 5.92 Å².